The fourth-order valence-corrected chi connectivity index (χ4v) is 8.78. The van der Waals surface area contributed by atoms with E-state index in [1.165, 1.54) is 32.6 Å². The molecule has 0 spiro atoms. The number of hydrogen-bond acceptors (Lipinski definition) is 2. The molecule has 0 radical (unpaired) electrons. The van der Waals surface area contributed by atoms with Gasteiger partial charge < -0.3 is 13.7 Å². The van der Waals surface area contributed by atoms with Gasteiger partial charge in [-0.25, -0.2) is 0 Å². The quantitative estimate of drug-likeness (QED) is 0.184. The molecule has 8 aromatic carbocycles. The normalized spacial score (nSPS) is 11.6. The Hall–Kier alpha value is -7.86. The molecule has 5 nitrogen and oxygen atoms in total. The van der Waals surface area contributed by atoms with Crippen LogP contribution in [0.25, 0.3) is 93.6 Å². The van der Waals surface area contributed by atoms with Crippen LogP contribution in [0, 0.1) is 22.7 Å². The Kier molecular flexibility index (Phi) is 6.61. The predicted molar refractivity (Wildman–Crippen MR) is 224 cm³/mol. The minimum Gasteiger partial charge on any atom is -0.309 e. The first kappa shape index (κ1) is 30.7. The average Bonchev–Trinajstić information content (AvgIpc) is 3.89. The lowest BCUT2D eigenvalue weighted by atomic mass is 10.00. The third-order valence-electron chi connectivity index (χ3n) is 11.1. The second kappa shape index (κ2) is 11.8. The van der Waals surface area contributed by atoms with Crippen LogP contribution in [0.5, 0.6) is 0 Å². The van der Waals surface area contributed by atoms with Gasteiger partial charge >= 0.3 is 0 Å². The number of hydrogen-bond donors (Lipinski definition) is 0. The first-order valence-corrected chi connectivity index (χ1v) is 18.3. The Morgan fingerprint density at radius 1 is 0.364 bits per heavy atom. The summed E-state index contributed by atoms with van der Waals surface area (Å²) in [6, 6.07) is 66.0. The number of fused-ring (bicyclic) bond motifs is 9. The molecule has 3 aromatic heterocycles. The molecule has 0 saturated carbocycles. The number of para-hydroxylation sites is 5. The number of benzene rings is 8. The van der Waals surface area contributed by atoms with Gasteiger partial charge in [0, 0.05) is 49.3 Å². The van der Waals surface area contributed by atoms with Gasteiger partial charge in [0.2, 0.25) is 0 Å². The molecule has 0 aliphatic carbocycles. The fourth-order valence-electron chi connectivity index (χ4n) is 8.78. The van der Waals surface area contributed by atoms with Crippen molar-refractivity contribution in [1.29, 1.82) is 10.5 Å². The molecule has 55 heavy (non-hydrogen) atoms. The minimum absolute atomic E-state index is 0.551. The van der Waals surface area contributed by atoms with Crippen molar-refractivity contribution in [3.63, 3.8) is 0 Å². The topological polar surface area (TPSA) is 62.4 Å². The summed E-state index contributed by atoms with van der Waals surface area (Å²) in [7, 11) is 0. The second-order valence-corrected chi connectivity index (χ2v) is 14.0. The zero-order chi connectivity index (χ0) is 36.6. The third-order valence-corrected chi connectivity index (χ3v) is 11.1. The van der Waals surface area contributed by atoms with Crippen LogP contribution < -0.4 is 0 Å². The first-order chi connectivity index (χ1) is 27.2. The van der Waals surface area contributed by atoms with Crippen LogP contribution in [0.2, 0.25) is 0 Å². The lowest BCUT2D eigenvalue weighted by Crippen LogP contribution is -2.00. The van der Waals surface area contributed by atoms with Crippen molar-refractivity contribution in [3.05, 3.63) is 187 Å². The summed E-state index contributed by atoms with van der Waals surface area (Å²) < 4.78 is 6.89. The van der Waals surface area contributed by atoms with Gasteiger partial charge in [0.1, 0.15) is 6.07 Å². The summed E-state index contributed by atoms with van der Waals surface area (Å²) in [6.45, 7) is 0. The summed E-state index contributed by atoms with van der Waals surface area (Å²) in [5.74, 6) is 0. The van der Waals surface area contributed by atoms with Crippen molar-refractivity contribution in [2.24, 2.45) is 0 Å². The number of nitrogens with zero attached hydrogens (tertiary/aromatic N) is 5. The van der Waals surface area contributed by atoms with Crippen LogP contribution in [0.3, 0.4) is 0 Å². The molecule has 11 rings (SSSR count). The Labute approximate surface area is 316 Å². The smallest absolute Gasteiger partial charge is 0.101 e. The highest BCUT2D eigenvalue weighted by molar-refractivity contribution is 6.13. The van der Waals surface area contributed by atoms with E-state index in [0.717, 1.165) is 61.0 Å². The largest absolute Gasteiger partial charge is 0.309 e. The zero-order valence-electron chi connectivity index (χ0n) is 29.5. The fraction of sp³-hybridized carbons (Fsp3) is 0. The van der Waals surface area contributed by atoms with Gasteiger partial charge in [-0.2, -0.15) is 10.5 Å². The Balaban J connectivity index is 1.17. The van der Waals surface area contributed by atoms with Crippen molar-refractivity contribution in [1.82, 2.24) is 13.7 Å². The van der Waals surface area contributed by atoms with E-state index in [-0.39, 0.29) is 0 Å². The second-order valence-electron chi connectivity index (χ2n) is 14.0. The van der Waals surface area contributed by atoms with Crippen molar-refractivity contribution in [2.75, 3.05) is 0 Å². The average molecular weight is 700 g/mol. The SMILES string of the molecule is N#Cc1ccc(-c2cccc(-n3c4ccccc4c4ccc(-n5c6ccccc6c6ccccc65)cc43)c2)c(-n2c3ccccc3c3cccc(C#N)c32)c1. The molecule has 5 heteroatoms. The van der Waals surface area contributed by atoms with Crippen molar-refractivity contribution >= 4 is 65.4 Å². The van der Waals surface area contributed by atoms with Crippen molar-refractivity contribution in [2.45, 2.75) is 0 Å². The van der Waals surface area contributed by atoms with E-state index in [4.69, 9.17) is 0 Å². The van der Waals surface area contributed by atoms with Gasteiger partial charge in [0.25, 0.3) is 0 Å². The Morgan fingerprint density at radius 3 is 1.53 bits per heavy atom. The van der Waals surface area contributed by atoms with Crippen LogP contribution in [-0.2, 0) is 0 Å². The number of rotatable bonds is 4. The Morgan fingerprint density at radius 2 is 0.891 bits per heavy atom. The van der Waals surface area contributed by atoms with E-state index < -0.39 is 0 Å². The summed E-state index contributed by atoms with van der Waals surface area (Å²) in [5, 5.41) is 27.3. The lowest BCUT2D eigenvalue weighted by molar-refractivity contribution is 1.15. The lowest BCUT2D eigenvalue weighted by Gasteiger charge is -2.16. The first-order valence-electron chi connectivity index (χ1n) is 18.3. The molecule has 0 N–H and O–H groups in total. The van der Waals surface area contributed by atoms with E-state index in [2.05, 4.69) is 159 Å². The summed E-state index contributed by atoms with van der Waals surface area (Å²) >= 11 is 0. The van der Waals surface area contributed by atoms with Crippen LogP contribution >= 0.6 is 0 Å². The summed E-state index contributed by atoms with van der Waals surface area (Å²) in [6.07, 6.45) is 0. The maximum Gasteiger partial charge on any atom is 0.101 e. The highest BCUT2D eigenvalue weighted by atomic mass is 15.0. The van der Waals surface area contributed by atoms with Crippen LogP contribution in [0.15, 0.2) is 176 Å². The van der Waals surface area contributed by atoms with Gasteiger partial charge in [-0.15, -0.1) is 0 Å². The van der Waals surface area contributed by atoms with E-state index in [1.54, 1.807) is 0 Å². The van der Waals surface area contributed by atoms with E-state index in [0.29, 0.717) is 11.1 Å². The molecular formula is C50H29N5. The Bertz CT molecular complexity index is 3420. The van der Waals surface area contributed by atoms with Gasteiger partial charge in [0.05, 0.1) is 56.0 Å². The molecule has 11 aromatic rings. The maximum atomic E-state index is 10.3. The number of aromatic nitrogens is 3. The molecule has 0 aliphatic heterocycles. The van der Waals surface area contributed by atoms with Crippen LogP contribution in [0.4, 0.5) is 0 Å². The summed E-state index contributed by atoms with van der Waals surface area (Å²) in [5.41, 5.74) is 12.5. The molecule has 254 valence electrons. The molecule has 0 bridgehead atoms. The summed E-state index contributed by atoms with van der Waals surface area (Å²) in [4.78, 5) is 0. The van der Waals surface area contributed by atoms with Crippen molar-refractivity contribution < 1.29 is 0 Å². The molecule has 0 unspecified atom stereocenters. The minimum atomic E-state index is 0.551. The molecule has 0 atom stereocenters. The maximum absolute atomic E-state index is 10.3. The highest BCUT2D eigenvalue weighted by Crippen LogP contribution is 2.40. The molecule has 0 saturated heterocycles. The molecular weight excluding hydrogens is 671 g/mol. The van der Waals surface area contributed by atoms with Gasteiger partial charge in [-0.1, -0.05) is 109 Å². The molecule has 0 aliphatic rings. The van der Waals surface area contributed by atoms with Gasteiger partial charge in [-0.05, 0) is 72.3 Å². The van der Waals surface area contributed by atoms with E-state index in [1.807, 2.05) is 42.5 Å². The van der Waals surface area contributed by atoms with E-state index >= 15 is 0 Å². The standard InChI is InChI=1S/C50H29N5/c51-30-32-23-25-37(48(27-32)55-47-22-8-4-17-41(47)43-18-10-12-34(31-52)50(43)55)33-11-9-13-35(28-33)54-46-21-7-3-16-40(46)42-26-24-36(29-49(42)54)53-44-19-5-1-14-38(44)39-15-2-6-20-45(39)53/h1-29H. The van der Waals surface area contributed by atoms with Gasteiger partial charge in [0.15, 0.2) is 0 Å². The molecule has 0 amide bonds. The monoisotopic (exact) mass is 699 g/mol. The number of nitriles is 2. The highest BCUT2D eigenvalue weighted by Gasteiger charge is 2.20. The van der Waals surface area contributed by atoms with E-state index in [9.17, 15) is 10.5 Å². The molecule has 3 heterocycles. The van der Waals surface area contributed by atoms with Gasteiger partial charge in [-0.3, -0.25) is 0 Å². The zero-order valence-corrected chi connectivity index (χ0v) is 29.5. The van der Waals surface area contributed by atoms with Crippen molar-refractivity contribution in [3.8, 4) is 40.3 Å². The third kappa shape index (κ3) is 4.45. The predicted octanol–water partition coefficient (Wildman–Crippen LogP) is 12.4. The van der Waals surface area contributed by atoms with Crippen LogP contribution in [0.1, 0.15) is 11.1 Å². The van der Waals surface area contributed by atoms with Crippen LogP contribution in [-0.4, -0.2) is 13.7 Å². The molecule has 0 fully saturated rings.